The van der Waals surface area contributed by atoms with E-state index in [4.69, 9.17) is 17.2 Å². The predicted molar refractivity (Wildman–Crippen MR) is 242 cm³/mol. The molecular formula is C45H39Br3F3N9O3. The number of fused-ring (bicyclic) bond motifs is 3. The summed E-state index contributed by atoms with van der Waals surface area (Å²) >= 11 is 10.1. The Morgan fingerprint density at radius 3 is 0.937 bits per heavy atom. The number of halogens is 6. The first kappa shape index (κ1) is 45.6. The Hall–Kier alpha value is -5.46. The number of nitrogens with zero attached hydrogens (tertiary/aromatic N) is 6. The van der Waals surface area contributed by atoms with Gasteiger partial charge >= 0.3 is 0 Å². The lowest BCUT2D eigenvalue weighted by molar-refractivity contribution is 0.0953. The second-order valence-corrected chi connectivity index (χ2v) is 18.1. The minimum absolute atomic E-state index is 0.00924. The van der Waals surface area contributed by atoms with Crippen molar-refractivity contribution in [1.82, 2.24) is 29.9 Å². The van der Waals surface area contributed by atoms with Gasteiger partial charge in [0.15, 0.2) is 17.3 Å². The zero-order chi connectivity index (χ0) is 45.4. The highest BCUT2D eigenvalue weighted by atomic mass is 79.9. The number of nitrogen functional groups attached to an aromatic ring is 3. The van der Waals surface area contributed by atoms with Gasteiger partial charge in [-0.3, -0.25) is 14.4 Å². The number of carbonyl (C=O) groups excluding carboxylic acids is 3. The van der Waals surface area contributed by atoms with Crippen LogP contribution in [0, 0.1) is 38.2 Å². The van der Waals surface area contributed by atoms with Crippen LogP contribution in [0.1, 0.15) is 119 Å². The summed E-state index contributed by atoms with van der Waals surface area (Å²) in [5.41, 5.74) is 25.4. The summed E-state index contributed by atoms with van der Waals surface area (Å²) in [6.45, 7) is 5.30. The molecule has 324 valence electrons. The first-order valence-electron chi connectivity index (χ1n) is 19.7. The van der Waals surface area contributed by atoms with Crippen LogP contribution in [0.3, 0.4) is 0 Å². The molecule has 12 nitrogen and oxygen atoms in total. The van der Waals surface area contributed by atoms with Gasteiger partial charge in [0.2, 0.25) is 17.8 Å². The van der Waals surface area contributed by atoms with E-state index in [2.05, 4.69) is 77.7 Å². The van der Waals surface area contributed by atoms with Crippen molar-refractivity contribution in [1.29, 1.82) is 0 Å². The average Bonchev–Trinajstić information content (AvgIpc) is 3.17. The number of aromatic nitrogens is 6. The Morgan fingerprint density at radius 2 is 0.698 bits per heavy atom. The lowest BCUT2D eigenvalue weighted by Crippen LogP contribution is -2.23. The quantitative estimate of drug-likeness (QED) is 0.152. The van der Waals surface area contributed by atoms with Gasteiger partial charge in [0.25, 0.3) is 0 Å². The highest BCUT2D eigenvalue weighted by molar-refractivity contribution is 9.11. The molecule has 6 N–H and O–H groups in total. The summed E-state index contributed by atoms with van der Waals surface area (Å²) in [4.78, 5) is 61.9. The lowest BCUT2D eigenvalue weighted by atomic mass is 9.81. The molecule has 0 fully saturated rings. The molecule has 3 heterocycles. The van der Waals surface area contributed by atoms with Crippen LogP contribution in [-0.4, -0.2) is 47.3 Å². The molecule has 0 radical (unpaired) electrons. The van der Waals surface area contributed by atoms with Crippen LogP contribution in [0.15, 0.2) is 68.0 Å². The van der Waals surface area contributed by atoms with Gasteiger partial charge in [0.1, 0.15) is 17.5 Å². The molecule has 0 amide bonds. The standard InChI is InChI=1S/3C15H13BrFN3O/c3*1-7-14-12(20-15(18)19-7)4-8(5-13(14)21)10-3-2-9(17)6-11(10)16/h3*2-3,6,8H,4-5H2,1H3,(H2,18,19,20)/t2*8-;/m00./s1. The number of Topliss-reactive ketones (excluding diaryl/α,β-unsaturated/α-hetero) is 3. The predicted octanol–water partition coefficient (Wildman–Crippen LogP) is 9.54. The molecule has 1 unspecified atom stereocenters. The summed E-state index contributed by atoms with van der Waals surface area (Å²) in [7, 11) is 0. The molecule has 18 heteroatoms. The molecule has 0 aliphatic heterocycles. The fraction of sp³-hybridized carbons (Fsp3) is 0.267. The van der Waals surface area contributed by atoms with Gasteiger partial charge in [0.05, 0.1) is 50.9 Å². The van der Waals surface area contributed by atoms with Gasteiger partial charge in [-0.1, -0.05) is 66.0 Å². The molecule has 0 saturated heterocycles. The Kier molecular flexibility index (Phi) is 13.5. The van der Waals surface area contributed by atoms with Gasteiger partial charge < -0.3 is 17.2 Å². The van der Waals surface area contributed by atoms with Crippen LogP contribution in [0.2, 0.25) is 0 Å². The maximum absolute atomic E-state index is 13.2. The minimum atomic E-state index is -0.310. The third-order valence-corrected chi connectivity index (χ3v) is 13.3. The zero-order valence-electron chi connectivity index (χ0n) is 34.1. The summed E-state index contributed by atoms with van der Waals surface area (Å²) in [5.74, 6) is -0.466. The molecule has 0 bridgehead atoms. The Bertz CT molecular complexity index is 2550. The number of hydrogen-bond acceptors (Lipinski definition) is 12. The van der Waals surface area contributed by atoms with Crippen molar-refractivity contribution in [2.24, 2.45) is 0 Å². The van der Waals surface area contributed by atoms with Gasteiger partial charge in [-0.2, -0.15) is 0 Å². The highest BCUT2D eigenvalue weighted by Gasteiger charge is 2.33. The van der Waals surface area contributed by atoms with Crippen LogP contribution in [0.5, 0.6) is 0 Å². The number of rotatable bonds is 3. The fourth-order valence-corrected chi connectivity index (χ4v) is 10.6. The van der Waals surface area contributed by atoms with Crippen LogP contribution in [0.25, 0.3) is 0 Å². The summed E-state index contributed by atoms with van der Waals surface area (Å²) in [6.07, 6.45) is 2.89. The summed E-state index contributed by atoms with van der Waals surface area (Å²) < 4.78 is 41.6. The molecule has 6 aromatic rings. The maximum atomic E-state index is 13.2. The van der Waals surface area contributed by atoms with Crippen molar-refractivity contribution in [3.63, 3.8) is 0 Å². The molecule has 9 rings (SSSR count). The smallest absolute Gasteiger partial charge is 0.220 e. The van der Waals surface area contributed by atoms with E-state index in [1.807, 2.05) is 0 Å². The third-order valence-electron chi connectivity index (χ3n) is 11.2. The largest absolute Gasteiger partial charge is 0.368 e. The number of nitrogens with two attached hydrogens (primary N) is 3. The average molecular weight is 1050 g/mol. The number of carbonyl (C=O) groups is 3. The van der Waals surface area contributed by atoms with E-state index in [-0.39, 0.29) is 70.4 Å². The van der Waals surface area contributed by atoms with E-state index in [1.54, 1.807) is 39.0 Å². The van der Waals surface area contributed by atoms with Crippen LogP contribution >= 0.6 is 47.8 Å². The van der Waals surface area contributed by atoms with E-state index in [1.165, 1.54) is 36.4 Å². The second kappa shape index (κ2) is 18.7. The number of anilines is 3. The van der Waals surface area contributed by atoms with E-state index >= 15 is 0 Å². The van der Waals surface area contributed by atoms with E-state index in [0.29, 0.717) is 103 Å². The number of aryl methyl sites for hydroxylation is 3. The molecule has 63 heavy (non-hydrogen) atoms. The molecule has 0 spiro atoms. The lowest BCUT2D eigenvalue weighted by Gasteiger charge is -2.25. The van der Waals surface area contributed by atoms with Gasteiger partial charge in [-0.05, 0) is 111 Å². The monoisotopic (exact) mass is 1050 g/mol. The number of hydrogen-bond donors (Lipinski definition) is 3. The number of benzene rings is 3. The van der Waals surface area contributed by atoms with E-state index in [9.17, 15) is 27.6 Å². The van der Waals surface area contributed by atoms with Gasteiger partial charge in [0, 0.05) is 32.7 Å². The van der Waals surface area contributed by atoms with E-state index in [0.717, 1.165) is 16.7 Å². The normalized spacial score (nSPS) is 17.7. The molecule has 3 aliphatic carbocycles. The van der Waals surface area contributed by atoms with Crippen molar-refractivity contribution < 1.29 is 27.6 Å². The van der Waals surface area contributed by atoms with E-state index < -0.39 is 0 Å². The van der Waals surface area contributed by atoms with Crippen molar-refractivity contribution in [3.8, 4) is 0 Å². The van der Waals surface area contributed by atoms with Crippen LogP contribution in [-0.2, 0) is 19.3 Å². The van der Waals surface area contributed by atoms with Crippen molar-refractivity contribution in [2.45, 2.75) is 77.0 Å². The molecule has 3 aliphatic rings. The molecule has 3 aromatic heterocycles. The molecule has 0 saturated carbocycles. The second-order valence-electron chi connectivity index (χ2n) is 15.5. The molecule has 3 aromatic carbocycles. The SMILES string of the molecule is Cc1nc(N)nc2c1C(=O)CC(c1ccc(F)cc1Br)C2.Cc1nc(N)nc2c1C(=O)C[C@@H](c1ccc(F)cc1Br)C2.Cc1nc(N)nc2c1C(=O)C[C@@H](c1ccc(F)cc1Br)C2. The highest BCUT2D eigenvalue weighted by Crippen LogP contribution is 2.39. The summed E-state index contributed by atoms with van der Waals surface area (Å²) in [6, 6.07) is 13.6. The zero-order valence-corrected chi connectivity index (χ0v) is 38.8. The Labute approximate surface area is 385 Å². The van der Waals surface area contributed by atoms with Gasteiger partial charge in [-0.25, -0.2) is 43.1 Å². The topological polar surface area (TPSA) is 207 Å². The Balaban J connectivity index is 0.000000142. The van der Waals surface area contributed by atoms with Crippen molar-refractivity contribution >= 4 is 83.0 Å². The summed E-state index contributed by atoms with van der Waals surface area (Å²) in [5, 5.41) is 0. The van der Waals surface area contributed by atoms with Crippen molar-refractivity contribution in [3.05, 3.63) is 153 Å². The molecular weight excluding hydrogens is 1010 g/mol. The first-order valence-corrected chi connectivity index (χ1v) is 22.1. The van der Waals surface area contributed by atoms with Crippen molar-refractivity contribution in [2.75, 3.05) is 17.2 Å². The van der Waals surface area contributed by atoms with Crippen LogP contribution < -0.4 is 17.2 Å². The molecule has 3 atom stereocenters. The van der Waals surface area contributed by atoms with Gasteiger partial charge in [-0.15, -0.1) is 0 Å². The first-order chi connectivity index (χ1) is 29.9. The fourth-order valence-electron chi connectivity index (χ4n) is 8.55. The van der Waals surface area contributed by atoms with Crippen LogP contribution in [0.4, 0.5) is 31.0 Å². The Morgan fingerprint density at radius 1 is 0.444 bits per heavy atom. The maximum Gasteiger partial charge on any atom is 0.220 e. The third kappa shape index (κ3) is 10.0. The minimum Gasteiger partial charge on any atom is -0.368 e. The number of ketones is 3.